The van der Waals surface area contributed by atoms with Gasteiger partial charge in [0.05, 0.1) is 11.3 Å². The molecule has 1 saturated carbocycles. The molecular formula is C12H12F2N2O3. The highest BCUT2D eigenvalue weighted by Gasteiger charge is 2.22. The van der Waals surface area contributed by atoms with Crippen LogP contribution in [0.1, 0.15) is 23.2 Å². The first-order chi connectivity index (χ1) is 8.97. The zero-order valence-electron chi connectivity index (χ0n) is 9.87. The third kappa shape index (κ3) is 3.40. The average molecular weight is 270 g/mol. The molecule has 1 aliphatic carbocycles. The molecule has 1 aromatic rings. The Morgan fingerprint density at radius 1 is 1.26 bits per heavy atom. The summed E-state index contributed by atoms with van der Waals surface area (Å²) in [5.41, 5.74) is -1.06. The van der Waals surface area contributed by atoms with Gasteiger partial charge >= 0.3 is 12.0 Å². The van der Waals surface area contributed by atoms with E-state index in [1.54, 1.807) is 0 Å². The summed E-state index contributed by atoms with van der Waals surface area (Å²) in [6.07, 6.45) is 2.10. The molecule has 5 nitrogen and oxygen atoms in total. The van der Waals surface area contributed by atoms with Crippen LogP contribution in [0.4, 0.5) is 19.3 Å². The number of hydrogen-bond donors (Lipinski definition) is 3. The number of carboxylic acids is 1. The van der Waals surface area contributed by atoms with E-state index in [-0.39, 0.29) is 5.69 Å². The van der Waals surface area contributed by atoms with Gasteiger partial charge < -0.3 is 15.7 Å². The van der Waals surface area contributed by atoms with Crippen LogP contribution >= 0.6 is 0 Å². The first-order valence-corrected chi connectivity index (χ1v) is 5.74. The van der Waals surface area contributed by atoms with E-state index in [9.17, 15) is 18.4 Å². The van der Waals surface area contributed by atoms with E-state index in [2.05, 4.69) is 10.6 Å². The number of carbonyl (C=O) groups excluding carboxylic acids is 1. The van der Waals surface area contributed by atoms with E-state index in [1.807, 2.05) is 0 Å². The number of amides is 2. The van der Waals surface area contributed by atoms with Gasteiger partial charge in [-0.3, -0.25) is 0 Å². The maximum absolute atomic E-state index is 13.4. The number of halogens is 2. The molecule has 1 aliphatic rings. The number of aromatic carboxylic acids is 1. The standard InChI is InChI=1S/C12H12F2N2O3/c13-8-4-9(14)10(3-7(8)11(17)18)16-12(19)15-5-6-1-2-6/h3-4,6H,1-2,5H2,(H,17,18)(H2,15,16,19). The van der Waals surface area contributed by atoms with Gasteiger partial charge in [-0.2, -0.15) is 0 Å². The first-order valence-electron chi connectivity index (χ1n) is 5.74. The Morgan fingerprint density at radius 3 is 2.53 bits per heavy atom. The summed E-state index contributed by atoms with van der Waals surface area (Å²) in [7, 11) is 0. The van der Waals surface area contributed by atoms with Gasteiger partial charge in [-0.05, 0) is 24.8 Å². The molecule has 102 valence electrons. The van der Waals surface area contributed by atoms with Gasteiger partial charge in [-0.25, -0.2) is 18.4 Å². The number of urea groups is 1. The maximum atomic E-state index is 13.4. The van der Waals surface area contributed by atoms with Crippen molar-refractivity contribution in [1.82, 2.24) is 5.32 Å². The topological polar surface area (TPSA) is 78.4 Å². The second kappa shape index (κ2) is 5.21. The van der Waals surface area contributed by atoms with Crippen molar-refractivity contribution in [3.8, 4) is 0 Å². The third-order valence-corrected chi connectivity index (χ3v) is 2.78. The number of carboxylic acid groups (broad SMARTS) is 1. The van der Waals surface area contributed by atoms with Crippen LogP contribution in [-0.4, -0.2) is 23.7 Å². The van der Waals surface area contributed by atoms with Gasteiger partial charge in [0.1, 0.15) is 11.6 Å². The second-order valence-corrected chi connectivity index (χ2v) is 4.40. The number of benzene rings is 1. The SMILES string of the molecule is O=C(NCC1CC1)Nc1cc(C(=O)O)c(F)cc1F. The molecule has 0 spiro atoms. The first kappa shape index (κ1) is 13.3. The van der Waals surface area contributed by atoms with E-state index < -0.39 is 29.2 Å². The molecule has 0 aliphatic heterocycles. The van der Waals surface area contributed by atoms with Crippen LogP contribution in [0.25, 0.3) is 0 Å². The molecule has 0 saturated heterocycles. The van der Waals surface area contributed by atoms with Crippen molar-refractivity contribution < 1.29 is 23.5 Å². The molecule has 19 heavy (non-hydrogen) atoms. The van der Waals surface area contributed by atoms with E-state index in [0.717, 1.165) is 18.9 Å². The van der Waals surface area contributed by atoms with E-state index in [1.165, 1.54) is 0 Å². The fourth-order valence-electron chi connectivity index (χ4n) is 1.53. The highest BCUT2D eigenvalue weighted by atomic mass is 19.1. The van der Waals surface area contributed by atoms with Crippen molar-refractivity contribution in [3.63, 3.8) is 0 Å². The van der Waals surface area contributed by atoms with Crippen LogP contribution in [-0.2, 0) is 0 Å². The molecule has 0 aromatic heterocycles. The van der Waals surface area contributed by atoms with Gasteiger partial charge in [0.15, 0.2) is 0 Å². The molecule has 1 fully saturated rings. The minimum atomic E-state index is -1.53. The van der Waals surface area contributed by atoms with Gasteiger partial charge in [0.25, 0.3) is 0 Å². The van der Waals surface area contributed by atoms with Gasteiger partial charge in [0.2, 0.25) is 0 Å². The average Bonchev–Trinajstić information content (AvgIpc) is 3.13. The molecule has 0 bridgehead atoms. The number of hydrogen-bond acceptors (Lipinski definition) is 2. The van der Waals surface area contributed by atoms with Crippen LogP contribution < -0.4 is 10.6 Å². The summed E-state index contributed by atoms with van der Waals surface area (Å²) in [6, 6.07) is 0.540. The molecule has 2 rings (SSSR count). The number of nitrogens with one attached hydrogen (secondary N) is 2. The smallest absolute Gasteiger partial charge is 0.338 e. The van der Waals surface area contributed by atoms with Crippen molar-refractivity contribution in [2.75, 3.05) is 11.9 Å². The molecule has 1 aromatic carbocycles. The fraction of sp³-hybridized carbons (Fsp3) is 0.333. The van der Waals surface area contributed by atoms with Crippen LogP contribution in [0.2, 0.25) is 0 Å². The van der Waals surface area contributed by atoms with E-state index in [0.29, 0.717) is 18.5 Å². The van der Waals surface area contributed by atoms with Crippen molar-refractivity contribution in [3.05, 3.63) is 29.3 Å². The molecule has 0 unspecified atom stereocenters. The summed E-state index contributed by atoms with van der Waals surface area (Å²) < 4.78 is 26.5. The van der Waals surface area contributed by atoms with E-state index >= 15 is 0 Å². The van der Waals surface area contributed by atoms with E-state index in [4.69, 9.17) is 5.11 Å². The predicted octanol–water partition coefficient (Wildman–Crippen LogP) is 2.19. The summed E-state index contributed by atoms with van der Waals surface area (Å²) in [5.74, 6) is -3.28. The minimum Gasteiger partial charge on any atom is -0.478 e. The summed E-state index contributed by atoms with van der Waals surface area (Å²) in [6.45, 7) is 0.487. The van der Waals surface area contributed by atoms with Crippen LogP contribution in [0, 0.1) is 17.6 Å². The largest absolute Gasteiger partial charge is 0.478 e. The lowest BCUT2D eigenvalue weighted by molar-refractivity contribution is 0.0692. The van der Waals surface area contributed by atoms with Crippen LogP contribution in [0.3, 0.4) is 0 Å². The zero-order valence-corrected chi connectivity index (χ0v) is 9.87. The zero-order chi connectivity index (χ0) is 14.0. The maximum Gasteiger partial charge on any atom is 0.338 e. The molecule has 2 amide bonds. The molecular weight excluding hydrogens is 258 g/mol. The molecule has 3 N–H and O–H groups in total. The minimum absolute atomic E-state index is 0.368. The molecule has 0 heterocycles. The summed E-state index contributed by atoms with van der Waals surface area (Å²) >= 11 is 0. The molecule has 0 radical (unpaired) electrons. The lowest BCUT2D eigenvalue weighted by atomic mass is 10.2. The Bertz CT molecular complexity index is 530. The predicted molar refractivity (Wildman–Crippen MR) is 63.1 cm³/mol. The Morgan fingerprint density at radius 2 is 1.95 bits per heavy atom. The number of carbonyl (C=O) groups is 2. The Labute approximate surface area is 107 Å². The van der Waals surface area contributed by atoms with Crippen LogP contribution in [0.15, 0.2) is 12.1 Å². The highest BCUT2D eigenvalue weighted by Crippen LogP contribution is 2.27. The monoisotopic (exact) mass is 270 g/mol. The Hall–Kier alpha value is -2.18. The third-order valence-electron chi connectivity index (χ3n) is 2.78. The van der Waals surface area contributed by atoms with Crippen molar-refractivity contribution >= 4 is 17.7 Å². The van der Waals surface area contributed by atoms with Gasteiger partial charge in [-0.1, -0.05) is 0 Å². The molecule has 7 heteroatoms. The van der Waals surface area contributed by atoms with Crippen molar-refractivity contribution in [2.45, 2.75) is 12.8 Å². The summed E-state index contributed by atoms with van der Waals surface area (Å²) in [5, 5.41) is 13.4. The second-order valence-electron chi connectivity index (χ2n) is 4.40. The van der Waals surface area contributed by atoms with Crippen LogP contribution in [0.5, 0.6) is 0 Å². The summed E-state index contributed by atoms with van der Waals surface area (Å²) in [4.78, 5) is 22.1. The molecule has 0 atom stereocenters. The lowest BCUT2D eigenvalue weighted by Crippen LogP contribution is -2.30. The Balaban J connectivity index is 2.07. The Kier molecular flexibility index (Phi) is 3.64. The number of anilines is 1. The normalized spacial score (nSPS) is 14.0. The quantitative estimate of drug-likeness (QED) is 0.784. The van der Waals surface area contributed by atoms with Gasteiger partial charge in [0, 0.05) is 12.6 Å². The lowest BCUT2D eigenvalue weighted by Gasteiger charge is -2.09. The highest BCUT2D eigenvalue weighted by molar-refractivity contribution is 5.93. The van der Waals surface area contributed by atoms with Gasteiger partial charge in [-0.15, -0.1) is 0 Å². The fourth-order valence-corrected chi connectivity index (χ4v) is 1.53. The number of rotatable bonds is 4. The van der Waals surface area contributed by atoms with Crippen molar-refractivity contribution in [1.29, 1.82) is 0 Å². The van der Waals surface area contributed by atoms with Crippen molar-refractivity contribution in [2.24, 2.45) is 5.92 Å².